The Balaban J connectivity index is 1.82. The summed E-state index contributed by atoms with van der Waals surface area (Å²) in [6.07, 6.45) is 2.22. The number of hydrogen-bond acceptors (Lipinski definition) is 3. The third-order valence-corrected chi connectivity index (χ3v) is 3.23. The normalized spacial score (nSPS) is 18.9. The summed E-state index contributed by atoms with van der Waals surface area (Å²) in [4.78, 5) is 0. The lowest BCUT2D eigenvalue weighted by molar-refractivity contribution is 0.0497. The minimum absolute atomic E-state index is 0.0829. The van der Waals surface area contributed by atoms with Gasteiger partial charge in [0.05, 0.1) is 6.61 Å². The van der Waals surface area contributed by atoms with Gasteiger partial charge in [-0.15, -0.1) is 0 Å². The number of hydrogen-bond donors (Lipinski definition) is 1. The highest BCUT2D eigenvalue weighted by atomic mass is 16.5. The summed E-state index contributed by atoms with van der Waals surface area (Å²) in [5.74, 6) is 1.57. The van der Waals surface area contributed by atoms with Crippen molar-refractivity contribution in [3.8, 4) is 5.75 Å². The van der Waals surface area contributed by atoms with E-state index in [4.69, 9.17) is 15.2 Å². The quantitative estimate of drug-likeness (QED) is 0.872. The Kier molecular flexibility index (Phi) is 4.40. The highest BCUT2D eigenvalue weighted by Gasteiger charge is 2.14. The second-order valence-corrected chi connectivity index (χ2v) is 4.72. The van der Waals surface area contributed by atoms with Gasteiger partial charge in [-0.25, -0.2) is 0 Å². The van der Waals surface area contributed by atoms with Gasteiger partial charge in [0.2, 0.25) is 0 Å². The van der Waals surface area contributed by atoms with Crippen molar-refractivity contribution in [2.24, 2.45) is 11.7 Å². The summed E-state index contributed by atoms with van der Waals surface area (Å²) >= 11 is 0. The third-order valence-electron chi connectivity index (χ3n) is 3.23. The maximum absolute atomic E-state index is 5.80. The number of benzene rings is 1. The molecule has 1 saturated heterocycles. The lowest BCUT2D eigenvalue weighted by atomic mass is 10.0. The van der Waals surface area contributed by atoms with Crippen molar-refractivity contribution in [2.45, 2.75) is 25.8 Å². The van der Waals surface area contributed by atoms with E-state index in [9.17, 15) is 0 Å². The van der Waals surface area contributed by atoms with Crippen molar-refractivity contribution in [3.05, 3.63) is 29.8 Å². The van der Waals surface area contributed by atoms with Gasteiger partial charge in [-0.2, -0.15) is 0 Å². The fourth-order valence-corrected chi connectivity index (χ4v) is 1.99. The molecule has 1 aliphatic heterocycles. The van der Waals surface area contributed by atoms with Gasteiger partial charge in [0.1, 0.15) is 5.75 Å². The molecule has 17 heavy (non-hydrogen) atoms. The van der Waals surface area contributed by atoms with E-state index in [1.165, 1.54) is 0 Å². The highest BCUT2D eigenvalue weighted by Crippen LogP contribution is 2.19. The molecular formula is C14H21NO2. The van der Waals surface area contributed by atoms with Crippen LogP contribution in [-0.4, -0.2) is 19.8 Å². The van der Waals surface area contributed by atoms with Gasteiger partial charge in [-0.1, -0.05) is 12.1 Å². The fraction of sp³-hybridized carbons (Fsp3) is 0.571. The van der Waals surface area contributed by atoms with Crippen molar-refractivity contribution in [2.75, 3.05) is 19.8 Å². The molecule has 0 bridgehead atoms. The topological polar surface area (TPSA) is 44.5 Å². The van der Waals surface area contributed by atoms with E-state index in [1.54, 1.807) is 0 Å². The first-order chi connectivity index (χ1) is 8.25. The molecule has 0 unspecified atom stereocenters. The van der Waals surface area contributed by atoms with E-state index in [1.807, 2.05) is 31.2 Å². The monoisotopic (exact) mass is 235 g/mol. The van der Waals surface area contributed by atoms with Crippen LogP contribution in [0.25, 0.3) is 0 Å². The summed E-state index contributed by atoms with van der Waals surface area (Å²) in [6, 6.07) is 8.14. The zero-order valence-electron chi connectivity index (χ0n) is 10.4. The first-order valence-electron chi connectivity index (χ1n) is 6.32. The number of nitrogens with two attached hydrogens (primary N) is 1. The van der Waals surface area contributed by atoms with Gasteiger partial charge in [0.25, 0.3) is 0 Å². The molecule has 2 rings (SSSR count). The van der Waals surface area contributed by atoms with Gasteiger partial charge in [0, 0.05) is 19.3 Å². The van der Waals surface area contributed by atoms with Crippen LogP contribution in [0.15, 0.2) is 24.3 Å². The van der Waals surface area contributed by atoms with Gasteiger partial charge >= 0.3 is 0 Å². The summed E-state index contributed by atoms with van der Waals surface area (Å²) in [7, 11) is 0. The smallest absolute Gasteiger partial charge is 0.119 e. The van der Waals surface area contributed by atoms with Crippen LogP contribution in [0.3, 0.4) is 0 Å². The number of ether oxygens (including phenoxy) is 2. The zero-order chi connectivity index (χ0) is 12.1. The lowest BCUT2D eigenvalue weighted by Crippen LogP contribution is -2.21. The Hall–Kier alpha value is -1.06. The van der Waals surface area contributed by atoms with Crippen LogP contribution in [-0.2, 0) is 4.74 Å². The SMILES string of the molecule is C[C@H](N)c1ccc(OCC2CCOCC2)cc1. The van der Waals surface area contributed by atoms with Crippen molar-refractivity contribution in [3.63, 3.8) is 0 Å². The maximum atomic E-state index is 5.80. The maximum Gasteiger partial charge on any atom is 0.119 e. The molecule has 1 fully saturated rings. The zero-order valence-corrected chi connectivity index (χ0v) is 10.4. The van der Waals surface area contributed by atoms with Gasteiger partial charge in [0.15, 0.2) is 0 Å². The van der Waals surface area contributed by atoms with E-state index >= 15 is 0 Å². The van der Waals surface area contributed by atoms with Gasteiger partial charge in [-0.3, -0.25) is 0 Å². The van der Waals surface area contributed by atoms with Crippen molar-refractivity contribution in [1.82, 2.24) is 0 Å². The molecule has 0 aliphatic carbocycles. The summed E-state index contributed by atoms with van der Waals surface area (Å²) < 4.78 is 11.1. The minimum Gasteiger partial charge on any atom is -0.493 e. The van der Waals surface area contributed by atoms with E-state index < -0.39 is 0 Å². The van der Waals surface area contributed by atoms with Crippen molar-refractivity contribution in [1.29, 1.82) is 0 Å². The predicted molar refractivity (Wildman–Crippen MR) is 68.1 cm³/mol. The molecular weight excluding hydrogens is 214 g/mol. The molecule has 0 radical (unpaired) electrons. The molecule has 3 heteroatoms. The molecule has 0 saturated carbocycles. The Morgan fingerprint density at radius 2 is 1.94 bits per heavy atom. The van der Waals surface area contributed by atoms with E-state index in [0.29, 0.717) is 5.92 Å². The molecule has 0 spiro atoms. The van der Waals surface area contributed by atoms with Crippen LogP contribution >= 0.6 is 0 Å². The molecule has 0 amide bonds. The van der Waals surface area contributed by atoms with Gasteiger partial charge in [-0.05, 0) is 43.4 Å². The third kappa shape index (κ3) is 3.72. The van der Waals surface area contributed by atoms with E-state index in [2.05, 4.69) is 0 Å². The first kappa shape index (κ1) is 12.4. The van der Waals surface area contributed by atoms with E-state index in [-0.39, 0.29) is 6.04 Å². The molecule has 1 heterocycles. The Bertz CT molecular complexity index is 329. The fourth-order valence-electron chi connectivity index (χ4n) is 1.99. The summed E-state index contributed by atoms with van der Waals surface area (Å²) in [5.41, 5.74) is 6.94. The number of rotatable bonds is 4. The largest absolute Gasteiger partial charge is 0.493 e. The molecule has 1 aromatic carbocycles. The lowest BCUT2D eigenvalue weighted by Gasteiger charge is -2.22. The van der Waals surface area contributed by atoms with Crippen LogP contribution in [0.5, 0.6) is 5.75 Å². The minimum atomic E-state index is 0.0829. The van der Waals surface area contributed by atoms with Gasteiger partial charge < -0.3 is 15.2 Å². The predicted octanol–water partition coefficient (Wildman–Crippen LogP) is 2.51. The average molecular weight is 235 g/mol. The summed E-state index contributed by atoms with van der Waals surface area (Å²) in [5, 5.41) is 0. The molecule has 1 atom stereocenters. The highest BCUT2D eigenvalue weighted by molar-refractivity contribution is 5.28. The Labute approximate surface area is 103 Å². The van der Waals surface area contributed by atoms with Crippen LogP contribution < -0.4 is 10.5 Å². The Morgan fingerprint density at radius 1 is 1.29 bits per heavy atom. The molecule has 0 aromatic heterocycles. The van der Waals surface area contributed by atoms with Crippen LogP contribution in [0.1, 0.15) is 31.4 Å². The van der Waals surface area contributed by atoms with Crippen molar-refractivity contribution >= 4 is 0 Å². The van der Waals surface area contributed by atoms with Crippen molar-refractivity contribution < 1.29 is 9.47 Å². The van der Waals surface area contributed by atoms with E-state index in [0.717, 1.165) is 44.0 Å². The van der Waals surface area contributed by atoms with Crippen LogP contribution in [0.2, 0.25) is 0 Å². The summed E-state index contributed by atoms with van der Waals surface area (Å²) in [6.45, 7) is 4.52. The van der Waals surface area contributed by atoms with Crippen LogP contribution in [0.4, 0.5) is 0 Å². The molecule has 2 N–H and O–H groups in total. The molecule has 94 valence electrons. The Morgan fingerprint density at radius 3 is 2.53 bits per heavy atom. The van der Waals surface area contributed by atoms with Crippen LogP contribution in [0, 0.1) is 5.92 Å². The molecule has 1 aromatic rings. The first-order valence-corrected chi connectivity index (χ1v) is 6.32. The molecule has 1 aliphatic rings. The molecule has 3 nitrogen and oxygen atoms in total. The standard InChI is InChI=1S/C14H21NO2/c1-11(15)13-2-4-14(5-3-13)17-10-12-6-8-16-9-7-12/h2-5,11-12H,6-10,15H2,1H3/t11-/m0/s1. The second kappa shape index (κ2) is 6.03. The average Bonchev–Trinajstić information content (AvgIpc) is 2.38. The second-order valence-electron chi connectivity index (χ2n) is 4.72.